The van der Waals surface area contributed by atoms with Crippen molar-refractivity contribution in [2.45, 2.75) is 12.8 Å². The zero-order chi connectivity index (χ0) is 13.5. The van der Waals surface area contributed by atoms with Gasteiger partial charge in [-0.15, -0.1) is 0 Å². The van der Waals surface area contributed by atoms with Gasteiger partial charge >= 0.3 is 0 Å². The zero-order valence-electron chi connectivity index (χ0n) is 10.8. The lowest BCUT2D eigenvalue weighted by atomic mass is 10.1. The number of ether oxygens (including phenoxy) is 1. The van der Waals surface area contributed by atoms with Gasteiger partial charge in [0.1, 0.15) is 5.75 Å². The number of nitrogens with two attached hydrogens (primary N) is 1. The Bertz CT molecular complexity index is 513. The molecule has 2 aromatic carbocycles. The Labute approximate surface area is 119 Å². The molecule has 0 aliphatic rings. The van der Waals surface area contributed by atoms with E-state index < -0.39 is 0 Å². The molecular weight excluding hydrogens is 258 g/mol. The van der Waals surface area contributed by atoms with E-state index in [-0.39, 0.29) is 0 Å². The van der Waals surface area contributed by atoms with Crippen molar-refractivity contribution in [1.82, 2.24) is 0 Å². The van der Waals surface area contributed by atoms with Crippen LogP contribution in [0.5, 0.6) is 5.75 Å². The predicted molar refractivity (Wildman–Crippen MR) is 79.9 cm³/mol. The molecule has 2 rings (SSSR count). The van der Waals surface area contributed by atoms with Crippen LogP contribution < -0.4 is 10.5 Å². The van der Waals surface area contributed by atoms with Crippen LogP contribution in [0, 0.1) is 0 Å². The third kappa shape index (κ3) is 3.98. The molecule has 19 heavy (non-hydrogen) atoms. The Hall–Kier alpha value is -1.51. The van der Waals surface area contributed by atoms with Crippen LogP contribution in [0.15, 0.2) is 48.5 Å². The number of hydrogen-bond donors (Lipinski definition) is 1. The number of para-hydroxylation sites is 1. The van der Waals surface area contributed by atoms with E-state index >= 15 is 0 Å². The summed E-state index contributed by atoms with van der Waals surface area (Å²) in [6.45, 7) is 1.21. The molecule has 0 unspecified atom stereocenters. The molecule has 2 aromatic rings. The van der Waals surface area contributed by atoms with Gasteiger partial charge in [0, 0.05) is 6.42 Å². The number of hydrogen-bond acceptors (Lipinski definition) is 2. The van der Waals surface area contributed by atoms with Crippen molar-refractivity contribution in [3.63, 3.8) is 0 Å². The Morgan fingerprint density at radius 1 is 0.947 bits per heavy atom. The van der Waals surface area contributed by atoms with Gasteiger partial charge in [-0.05, 0) is 30.2 Å². The van der Waals surface area contributed by atoms with Crippen LogP contribution >= 0.6 is 11.6 Å². The predicted octanol–water partition coefficient (Wildman–Crippen LogP) is 3.46. The van der Waals surface area contributed by atoms with Gasteiger partial charge in [0.05, 0.1) is 11.6 Å². The third-order valence-corrected chi connectivity index (χ3v) is 3.24. The van der Waals surface area contributed by atoms with Gasteiger partial charge in [-0.1, -0.05) is 54.1 Å². The molecule has 0 aliphatic carbocycles. The summed E-state index contributed by atoms with van der Waals surface area (Å²) in [5.74, 6) is 0.769. The summed E-state index contributed by atoms with van der Waals surface area (Å²) in [6, 6.07) is 16.0. The van der Waals surface area contributed by atoms with Gasteiger partial charge in [-0.25, -0.2) is 0 Å². The summed E-state index contributed by atoms with van der Waals surface area (Å²) in [4.78, 5) is 0. The first-order valence-electron chi connectivity index (χ1n) is 6.45. The topological polar surface area (TPSA) is 35.2 Å². The molecule has 0 saturated heterocycles. The van der Waals surface area contributed by atoms with Gasteiger partial charge in [-0.3, -0.25) is 0 Å². The number of rotatable bonds is 6. The van der Waals surface area contributed by atoms with Crippen molar-refractivity contribution >= 4 is 11.6 Å². The minimum absolute atomic E-state index is 0.593. The first kappa shape index (κ1) is 13.9. The van der Waals surface area contributed by atoms with E-state index in [2.05, 4.69) is 12.1 Å². The normalized spacial score (nSPS) is 10.4. The fourth-order valence-electron chi connectivity index (χ4n) is 1.98. The molecule has 3 heteroatoms. The van der Waals surface area contributed by atoms with Gasteiger partial charge in [0.15, 0.2) is 0 Å². The molecule has 0 heterocycles. The van der Waals surface area contributed by atoms with Gasteiger partial charge in [0.25, 0.3) is 0 Å². The van der Waals surface area contributed by atoms with Crippen LogP contribution in [0.4, 0.5) is 0 Å². The highest BCUT2D eigenvalue weighted by molar-refractivity contribution is 6.32. The SMILES string of the molecule is NCCc1cccc(Cl)c1OCCc1ccccc1. The average molecular weight is 276 g/mol. The highest BCUT2D eigenvalue weighted by Gasteiger charge is 2.07. The first-order chi connectivity index (χ1) is 9.31. The fraction of sp³-hybridized carbons (Fsp3) is 0.250. The van der Waals surface area contributed by atoms with E-state index in [1.807, 2.05) is 36.4 Å². The minimum Gasteiger partial charge on any atom is -0.491 e. The van der Waals surface area contributed by atoms with E-state index in [1.54, 1.807) is 0 Å². The van der Waals surface area contributed by atoms with Crippen LogP contribution in [-0.4, -0.2) is 13.2 Å². The molecule has 0 atom stereocenters. The van der Waals surface area contributed by atoms with Crippen LogP contribution in [0.1, 0.15) is 11.1 Å². The zero-order valence-corrected chi connectivity index (χ0v) is 11.6. The lowest BCUT2D eigenvalue weighted by Crippen LogP contribution is -2.07. The largest absolute Gasteiger partial charge is 0.491 e. The average Bonchev–Trinajstić information content (AvgIpc) is 2.43. The molecule has 2 N–H and O–H groups in total. The molecule has 2 nitrogen and oxygen atoms in total. The molecule has 0 fully saturated rings. The molecule has 0 radical (unpaired) electrons. The Morgan fingerprint density at radius 3 is 2.47 bits per heavy atom. The molecule has 0 aliphatic heterocycles. The van der Waals surface area contributed by atoms with Gasteiger partial charge in [-0.2, -0.15) is 0 Å². The minimum atomic E-state index is 0.593. The van der Waals surface area contributed by atoms with Crippen LogP contribution in [0.3, 0.4) is 0 Å². The van der Waals surface area contributed by atoms with E-state index in [0.717, 1.165) is 24.2 Å². The van der Waals surface area contributed by atoms with Crippen LogP contribution in [0.2, 0.25) is 5.02 Å². The lowest BCUT2D eigenvalue weighted by Gasteiger charge is -2.12. The van der Waals surface area contributed by atoms with Crippen LogP contribution in [-0.2, 0) is 12.8 Å². The van der Waals surface area contributed by atoms with Crippen molar-refractivity contribution < 1.29 is 4.74 Å². The standard InChI is InChI=1S/C16H18ClNO/c17-15-8-4-7-14(9-11-18)16(15)19-12-10-13-5-2-1-3-6-13/h1-8H,9-12,18H2. The molecular formula is C16H18ClNO. The van der Waals surface area contributed by atoms with Gasteiger partial charge < -0.3 is 10.5 Å². The number of benzene rings is 2. The smallest absolute Gasteiger partial charge is 0.141 e. The summed E-state index contributed by atoms with van der Waals surface area (Å²) < 4.78 is 5.84. The molecule has 0 aromatic heterocycles. The molecule has 0 spiro atoms. The fourth-order valence-corrected chi connectivity index (χ4v) is 2.23. The Kier molecular flexibility index (Phi) is 5.25. The summed E-state index contributed by atoms with van der Waals surface area (Å²) >= 11 is 6.18. The first-order valence-corrected chi connectivity index (χ1v) is 6.83. The monoisotopic (exact) mass is 275 g/mol. The summed E-state index contributed by atoms with van der Waals surface area (Å²) in [6.07, 6.45) is 1.65. The second-order valence-electron chi connectivity index (χ2n) is 4.35. The summed E-state index contributed by atoms with van der Waals surface area (Å²) in [5.41, 5.74) is 7.93. The molecule has 0 saturated carbocycles. The molecule has 0 bridgehead atoms. The quantitative estimate of drug-likeness (QED) is 0.876. The van der Waals surface area contributed by atoms with Crippen molar-refractivity contribution in [3.05, 3.63) is 64.7 Å². The third-order valence-electron chi connectivity index (χ3n) is 2.94. The van der Waals surface area contributed by atoms with Crippen molar-refractivity contribution in [2.24, 2.45) is 5.73 Å². The van der Waals surface area contributed by atoms with Gasteiger partial charge in [0.2, 0.25) is 0 Å². The van der Waals surface area contributed by atoms with E-state index in [9.17, 15) is 0 Å². The van der Waals surface area contributed by atoms with E-state index in [0.29, 0.717) is 18.2 Å². The maximum atomic E-state index is 6.18. The molecule has 100 valence electrons. The van der Waals surface area contributed by atoms with E-state index in [4.69, 9.17) is 22.1 Å². The van der Waals surface area contributed by atoms with Crippen molar-refractivity contribution in [1.29, 1.82) is 0 Å². The van der Waals surface area contributed by atoms with Crippen molar-refractivity contribution in [2.75, 3.05) is 13.2 Å². The maximum absolute atomic E-state index is 6.18. The summed E-state index contributed by atoms with van der Waals surface area (Å²) in [7, 11) is 0. The lowest BCUT2D eigenvalue weighted by molar-refractivity contribution is 0.319. The molecule has 0 amide bonds. The second kappa shape index (κ2) is 7.17. The highest BCUT2D eigenvalue weighted by atomic mass is 35.5. The Morgan fingerprint density at radius 2 is 1.74 bits per heavy atom. The van der Waals surface area contributed by atoms with Crippen LogP contribution in [0.25, 0.3) is 0 Å². The number of halogens is 1. The van der Waals surface area contributed by atoms with Crippen molar-refractivity contribution in [3.8, 4) is 5.75 Å². The summed E-state index contributed by atoms with van der Waals surface area (Å²) in [5, 5.41) is 0.652. The Balaban J connectivity index is 1.99. The highest BCUT2D eigenvalue weighted by Crippen LogP contribution is 2.29. The van der Waals surface area contributed by atoms with E-state index in [1.165, 1.54) is 5.56 Å². The maximum Gasteiger partial charge on any atom is 0.141 e. The second-order valence-corrected chi connectivity index (χ2v) is 4.76.